The first-order valence-electron chi connectivity index (χ1n) is 9.31. The van der Waals surface area contributed by atoms with Gasteiger partial charge in [-0.3, -0.25) is 19.7 Å². The number of halogens is 1. The molecule has 0 aliphatic carbocycles. The second kappa shape index (κ2) is 8.50. The largest absolute Gasteiger partial charge is 0.299 e. The maximum Gasteiger partial charge on any atom is 0.263 e. The highest BCUT2D eigenvalue weighted by Gasteiger charge is 2.38. The van der Waals surface area contributed by atoms with Gasteiger partial charge in [-0.1, -0.05) is 61.5 Å². The average molecular weight is 380 g/mol. The lowest BCUT2D eigenvalue weighted by atomic mass is 9.86. The summed E-state index contributed by atoms with van der Waals surface area (Å²) in [7, 11) is 0. The van der Waals surface area contributed by atoms with E-state index in [1.54, 1.807) is 19.3 Å². The van der Waals surface area contributed by atoms with Gasteiger partial charge in [-0.15, -0.1) is 0 Å². The zero-order valence-electron chi connectivity index (χ0n) is 16.1. The Bertz CT molecular complexity index is 961. The Morgan fingerprint density at radius 2 is 1.71 bits per heavy atom. The van der Waals surface area contributed by atoms with Crippen molar-refractivity contribution in [3.05, 3.63) is 72.3 Å². The molecule has 1 amide bonds. The van der Waals surface area contributed by atoms with Crippen LogP contribution in [-0.2, 0) is 11.3 Å². The van der Waals surface area contributed by atoms with E-state index in [-0.39, 0.29) is 0 Å². The van der Waals surface area contributed by atoms with E-state index in [1.165, 1.54) is 5.56 Å². The third-order valence-electron chi connectivity index (χ3n) is 5.46. The van der Waals surface area contributed by atoms with Crippen LogP contribution in [0.25, 0.3) is 21.9 Å². The lowest BCUT2D eigenvalue weighted by Gasteiger charge is -2.33. The van der Waals surface area contributed by atoms with Crippen LogP contribution in [0.1, 0.15) is 19.4 Å². The number of hydrogen-bond donors (Lipinski definition) is 3. The Balaban J connectivity index is 1.81. The molecule has 5 heteroatoms. The second-order valence-corrected chi connectivity index (χ2v) is 7.31. The Labute approximate surface area is 164 Å². The molecule has 28 heavy (non-hydrogen) atoms. The third-order valence-corrected chi connectivity index (χ3v) is 5.46. The molecule has 3 aromatic carbocycles. The first-order valence-corrected chi connectivity index (χ1v) is 9.31. The van der Waals surface area contributed by atoms with Crippen LogP contribution in [0.2, 0.25) is 0 Å². The fourth-order valence-electron chi connectivity index (χ4n) is 3.25. The van der Waals surface area contributed by atoms with Gasteiger partial charge in [-0.05, 0) is 46.5 Å². The van der Waals surface area contributed by atoms with Gasteiger partial charge in [0, 0.05) is 12.5 Å². The standard InChI is InChI=1S/C23H25FN2O2/c1-16(14-24)23(2,22(27)26-28)25-15-17-8-9-21-13-20(11-10-19(21)12-17)18-6-4-3-5-7-18/h3-13,16,25,28H,14-15H2,1-2H3,(H,26,27)/t16?,23-/m0/s1. The van der Waals surface area contributed by atoms with Crippen LogP contribution < -0.4 is 10.8 Å². The maximum absolute atomic E-state index is 13.2. The fraction of sp³-hybridized carbons (Fsp3) is 0.261. The van der Waals surface area contributed by atoms with Crippen LogP contribution >= 0.6 is 0 Å². The number of carbonyl (C=O) groups excluding carboxylic acids is 1. The summed E-state index contributed by atoms with van der Waals surface area (Å²) in [5, 5.41) is 14.3. The molecule has 0 radical (unpaired) electrons. The number of benzene rings is 3. The lowest BCUT2D eigenvalue weighted by molar-refractivity contribution is -0.138. The van der Waals surface area contributed by atoms with E-state index in [9.17, 15) is 9.18 Å². The van der Waals surface area contributed by atoms with Crippen LogP contribution in [0.5, 0.6) is 0 Å². The number of alkyl halides is 1. The van der Waals surface area contributed by atoms with E-state index in [4.69, 9.17) is 5.21 Å². The summed E-state index contributed by atoms with van der Waals surface area (Å²) in [6.45, 7) is 2.94. The van der Waals surface area contributed by atoms with Crippen molar-refractivity contribution < 1.29 is 14.4 Å². The minimum Gasteiger partial charge on any atom is -0.299 e. The molecule has 0 spiro atoms. The number of fused-ring (bicyclic) bond motifs is 1. The van der Waals surface area contributed by atoms with E-state index in [2.05, 4.69) is 41.7 Å². The van der Waals surface area contributed by atoms with E-state index in [1.807, 2.05) is 30.3 Å². The van der Waals surface area contributed by atoms with E-state index < -0.39 is 24.0 Å². The van der Waals surface area contributed by atoms with Crippen LogP contribution in [-0.4, -0.2) is 23.3 Å². The molecule has 1 unspecified atom stereocenters. The van der Waals surface area contributed by atoms with Gasteiger partial charge in [-0.25, -0.2) is 5.48 Å². The van der Waals surface area contributed by atoms with Crippen molar-refractivity contribution >= 4 is 16.7 Å². The third kappa shape index (κ3) is 4.06. The number of carbonyl (C=O) groups is 1. The summed E-state index contributed by atoms with van der Waals surface area (Å²) in [6.07, 6.45) is 0. The number of amides is 1. The van der Waals surface area contributed by atoms with Crippen molar-refractivity contribution in [1.82, 2.24) is 10.8 Å². The molecule has 0 heterocycles. The summed E-state index contributed by atoms with van der Waals surface area (Å²) in [6, 6.07) is 22.6. The number of rotatable bonds is 7. The van der Waals surface area contributed by atoms with Gasteiger partial charge in [0.1, 0.15) is 5.54 Å². The van der Waals surface area contributed by atoms with Crippen LogP contribution in [0.3, 0.4) is 0 Å². The molecule has 3 aromatic rings. The molecule has 4 nitrogen and oxygen atoms in total. The Kier molecular flexibility index (Phi) is 6.07. The molecular weight excluding hydrogens is 355 g/mol. The monoisotopic (exact) mass is 380 g/mol. The van der Waals surface area contributed by atoms with Crippen molar-refractivity contribution in [2.24, 2.45) is 5.92 Å². The molecule has 0 fully saturated rings. The predicted molar refractivity (Wildman–Crippen MR) is 110 cm³/mol. The minimum atomic E-state index is -1.21. The fourth-order valence-corrected chi connectivity index (χ4v) is 3.25. The SMILES string of the molecule is CC(CF)[C@](C)(NCc1ccc2cc(-c3ccccc3)ccc2c1)C(=O)NO. The first kappa shape index (κ1) is 20.0. The zero-order chi connectivity index (χ0) is 20.1. The number of hydrogen-bond acceptors (Lipinski definition) is 3. The predicted octanol–water partition coefficient (Wildman–Crippen LogP) is 4.47. The highest BCUT2D eigenvalue weighted by atomic mass is 19.1. The van der Waals surface area contributed by atoms with Crippen molar-refractivity contribution in [3.63, 3.8) is 0 Å². The van der Waals surface area contributed by atoms with Crippen LogP contribution in [0, 0.1) is 5.92 Å². The van der Waals surface area contributed by atoms with Crippen LogP contribution in [0.4, 0.5) is 4.39 Å². The van der Waals surface area contributed by atoms with Gasteiger partial charge >= 0.3 is 0 Å². The first-order chi connectivity index (χ1) is 13.5. The van der Waals surface area contributed by atoms with E-state index in [0.717, 1.165) is 21.9 Å². The summed E-state index contributed by atoms with van der Waals surface area (Å²) in [5.41, 5.74) is 3.73. The molecule has 3 rings (SSSR count). The molecule has 0 saturated heterocycles. The lowest BCUT2D eigenvalue weighted by Crippen LogP contribution is -2.58. The molecule has 3 N–H and O–H groups in total. The quantitative estimate of drug-likeness (QED) is 0.419. The molecule has 146 valence electrons. The van der Waals surface area contributed by atoms with Crippen molar-refractivity contribution in [3.8, 4) is 11.1 Å². The second-order valence-electron chi connectivity index (χ2n) is 7.31. The van der Waals surface area contributed by atoms with Gasteiger partial charge in [0.2, 0.25) is 0 Å². The van der Waals surface area contributed by atoms with E-state index >= 15 is 0 Å². The Morgan fingerprint density at radius 3 is 2.39 bits per heavy atom. The molecule has 0 aliphatic heterocycles. The summed E-state index contributed by atoms with van der Waals surface area (Å²) in [5.74, 6) is -1.24. The van der Waals surface area contributed by atoms with Crippen molar-refractivity contribution in [1.29, 1.82) is 0 Å². The van der Waals surface area contributed by atoms with E-state index in [0.29, 0.717) is 6.54 Å². The molecule has 0 aliphatic rings. The van der Waals surface area contributed by atoms with Gasteiger partial charge in [-0.2, -0.15) is 0 Å². The normalized spacial score (nSPS) is 14.4. The molecule has 0 aromatic heterocycles. The molecule has 0 saturated carbocycles. The smallest absolute Gasteiger partial charge is 0.263 e. The van der Waals surface area contributed by atoms with Gasteiger partial charge in [0.05, 0.1) is 6.67 Å². The summed E-state index contributed by atoms with van der Waals surface area (Å²) >= 11 is 0. The highest BCUT2D eigenvalue weighted by Crippen LogP contribution is 2.26. The minimum absolute atomic E-state index is 0.380. The van der Waals surface area contributed by atoms with Gasteiger partial charge < -0.3 is 0 Å². The topological polar surface area (TPSA) is 61.4 Å². The van der Waals surface area contributed by atoms with Crippen LogP contribution in [0.15, 0.2) is 66.7 Å². The number of hydroxylamine groups is 1. The highest BCUT2D eigenvalue weighted by molar-refractivity contribution is 5.88. The average Bonchev–Trinajstić information content (AvgIpc) is 2.76. The van der Waals surface area contributed by atoms with Crippen molar-refractivity contribution in [2.45, 2.75) is 25.9 Å². The van der Waals surface area contributed by atoms with Crippen molar-refractivity contribution in [2.75, 3.05) is 6.67 Å². The Morgan fingerprint density at radius 1 is 1.04 bits per heavy atom. The molecule has 0 bridgehead atoms. The summed E-state index contributed by atoms with van der Waals surface area (Å²) < 4.78 is 13.2. The van der Waals surface area contributed by atoms with Gasteiger partial charge in [0.15, 0.2) is 0 Å². The molecular formula is C23H25FN2O2. The molecule has 2 atom stereocenters. The number of nitrogens with one attached hydrogen (secondary N) is 2. The Hall–Kier alpha value is -2.76. The zero-order valence-corrected chi connectivity index (χ0v) is 16.1. The summed E-state index contributed by atoms with van der Waals surface area (Å²) in [4.78, 5) is 12.0. The maximum atomic E-state index is 13.2. The van der Waals surface area contributed by atoms with Gasteiger partial charge in [0.25, 0.3) is 5.91 Å².